The van der Waals surface area contributed by atoms with Crippen LogP contribution in [-0.4, -0.2) is 18.3 Å². The summed E-state index contributed by atoms with van der Waals surface area (Å²) in [6.45, 7) is 8.00. The third kappa shape index (κ3) is 5.65. The molecule has 0 fully saturated rings. The maximum Gasteiger partial charge on any atom is 0.273 e. The lowest BCUT2D eigenvalue weighted by atomic mass is 10.2. The van der Waals surface area contributed by atoms with E-state index < -0.39 is 4.92 Å². The van der Waals surface area contributed by atoms with Crippen molar-refractivity contribution in [3.8, 4) is 5.75 Å². The first-order valence-corrected chi connectivity index (χ1v) is 5.46. The van der Waals surface area contributed by atoms with Gasteiger partial charge in [-0.2, -0.15) is 0 Å². The Kier molecular flexibility index (Phi) is 10.9. The van der Waals surface area contributed by atoms with Gasteiger partial charge in [0, 0.05) is 6.07 Å². The number of carbonyl (C=O) groups is 1. The molecule has 1 rings (SSSR count). The molecule has 96 valence electrons. The first-order chi connectivity index (χ1) is 8.19. The second kappa shape index (κ2) is 10.6. The topological polar surface area (TPSA) is 69.4 Å². The van der Waals surface area contributed by atoms with Crippen molar-refractivity contribution in [1.29, 1.82) is 0 Å². The zero-order chi connectivity index (χ0) is 13.8. The molecule has 0 heterocycles. The van der Waals surface area contributed by atoms with Gasteiger partial charge in [0.1, 0.15) is 5.75 Å². The van der Waals surface area contributed by atoms with Gasteiger partial charge in [-0.05, 0) is 6.07 Å². The molecular weight excluding hydrogens is 222 g/mol. The highest BCUT2D eigenvalue weighted by molar-refractivity contribution is 5.80. The van der Waals surface area contributed by atoms with Gasteiger partial charge in [0.2, 0.25) is 0 Å². The van der Waals surface area contributed by atoms with E-state index in [4.69, 9.17) is 4.74 Å². The minimum Gasteiger partial charge on any atom is -0.496 e. The first-order valence-electron chi connectivity index (χ1n) is 5.46. The summed E-state index contributed by atoms with van der Waals surface area (Å²) in [6.07, 6.45) is 0.586. The van der Waals surface area contributed by atoms with E-state index in [2.05, 4.69) is 0 Å². The van der Waals surface area contributed by atoms with Crippen LogP contribution in [0.1, 0.15) is 38.1 Å². The standard InChI is InChI=1S/C8H7NO4.2C2H6/c1-13-8-4-7(9(11)12)3-2-6(8)5-10;2*1-2/h2-5H,1H3;2*1-2H3. The molecule has 0 atom stereocenters. The predicted molar refractivity (Wildman–Crippen MR) is 67.7 cm³/mol. The number of ether oxygens (including phenoxy) is 1. The highest BCUT2D eigenvalue weighted by Gasteiger charge is 2.09. The maximum absolute atomic E-state index is 10.4. The van der Waals surface area contributed by atoms with Crippen LogP contribution in [0.2, 0.25) is 0 Å². The second-order valence-corrected chi connectivity index (χ2v) is 2.30. The Bertz CT molecular complexity index is 350. The number of non-ortho nitro benzene ring substituents is 1. The number of hydrogen-bond donors (Lipinski definition) is 0. The smallest absolute Gasteiger partial charge is 0.273 e. The number of rotatable bonds is 3. The number of methoxy groups -OCH3 is 1. The number of hydrogen-bond acceptors (Lipinski definition) is 4. The lowest BCUT2D eigenvalue weighted by Gasteiger charge is -2.01. The van der Waals surface area contributed by atoms with Gasteiger partial charge >= 0.3 is 0 Å². The molecule has 5 nitrogen and oxygen atoms in total. The fraction of sp³-hybridized carbons (Fsp3) is 0.417. The zero-order valence-corrected chi connectivity index (χ0v) is 10.9. The third-order valence-electron chi connectivity index (χ3n) is 1.55. The zero-order valence-electron chi connectivity index (χ0n) is 10.9. The van der Waals surface area contributed by atoms with E-state index in [1.165, 1.54) is 25.3 Å². The molecular formula is C12H19NO4. The molecule has 1 aromatic rings. The minimum absolute atomic E-state index is 0.0950. The normalized spacial score (nSPS) is 7.82. The van der Waals surface area contributed by atoms with Crippen molar-refractivity contribution in [2.24, 2.45) is 0 Å². The van der Waals surface area contributed by atoms with Crippen LogP contribution in [0.3, 0.4) is 0 Å². The fourth-order valence-electron chi connectivity index (χ4n) is 0.911. The molecule has 0 aliphatic carbocycles. The molecule has 0 N–H and O–H groups in total. The van der Waals surface area contributed by atoms with Crippen LogP contribution in [0.15, 0.2) is 18.2 Å². The van der Waals surface area contributed by atoms with Crippen LogP contribution in [0.4, 0.5) is 5.69 Å². The summed E-state index contributed by atoms with van der Waals surface area (Å²) < 4.78 is 4.79. The molecule has 0 radical (unpaired) electrons. The number of benzene rings is 1. The van der Waals surface area contributed by atoms with E-state index in [1.807, 2.05) is 27.7 Å². The molecule has 0 aliphatic rings. The summed E-state index contributed by atoms with van der Waals surface area (Å²) in [6, 6.07) is 3.82. The largest absolute Gasteiger partial charge is 0.496 e. The molecule has 0 aromatic heterocycles. The summed E-state index contributed by atoms with van der Waals surface area (Å²) in [5.41, 5.74) is 0.204. The highest BCUT2D eigenvalue weighted by Crippen LogP contribution is 2.22. The Labute approximate surface area is 102 Å². The molecule has 1 aromatic carbocycles. The van der Waals surface area contributed by atoms with Crippen molar-refractivity contribution in [3.05, 3.63) is 33.9 Å². The number of aldehydes is 1. The van der Waals surface area contributed by atoms with Gasteiger partial charge in [0.15, 0.2) is 6.29 Å². The quantitative estimate of drug-likeness (QED) is 0.461. The Balaban J connectivity index is 0. The van der Waals surface area contributed by atoms with Crippen molar-refractivity contribution >= 4 is 12.0 Å². The predicted octanol–water partition coefficient (Wildman–Crippen LogP) is 3.47. The molecule has 0 aliphatic heterocycles. The van der Waals surface area contributed by atoms with E-state index >= 15 is 0 Å². The Hall–Kier alpha value is -1.91. The van der Waals surface area contributed by atoms with Gasteiger partial charge in [-0.1, -0.05) is 27.7 Å². The van der Waals surface area contributed by atoms with Gasteiger partial charge in [-0.25, -0.2) is 0 Å². The van der Waals surface area contributed by atoms with Crippen molar-refractivity contribution in [2.45, 2.75) is 27.7 Å². The van der Waals surface area contributed by atoms with Crippen LogP contribution >= 0.6 is 0 Å². The minimum atomic E-state index is -0.545. The van der Waals surface area contributed by atoms with Gasteiger partial charge in [-0.3, -0.25) is 14.9 Å². The first kappa shape index (κ1) is 17.5. The summed E-state index contributed by atoms with van der Waals surface area (Å²) in [5.74, 6) is 0.212. The number of carbonyl (C=O) groups excluding carboxylic acids is 1. The number of nitrogens with zero attached hydrogens (tertiary/aromatic N) is 1. The van der Waals surface area contributed by atoms with E-state index in [0.717, 1.165) is 0 Å². The number of nitro groups is 1. The molecule has 0 saturated carbocycles. The lowest BCUT2D eigenvalue weighted by molar-refractivity contribution is -0.384. The summed E-state index contributed by atoms with van der Waals surface area (Å²) >= 11 is 0. The molecule has 17 heavy (non-hydrogen) atoms. The van der Waals surface area contributed by atoms with Crippen LogP contribution in [-0.2, 0) is 0 Å². The Morgan fingerprint density at radius 3 is 2.12 bits per heavy atom. The summed E-state index contributed by atoms with van der Waals surface area (Å²) in [4.78, 5) is 20.2. The van der Waals surface area contributed by atoms with Crippen LogP contribution < -0.4 is 4.74 Å². The maximum atomic E-state index is 10.4. The van der Waals surface area contributed by atoms with Crippen molar-refractivity contribution in [1.82, 2.24) is 0 Å². The summed E-state index contributed by atoms with van der Waals surface area (Å²) in [5, 5.41) is 10.3. The van der Waals surface area contributed by atoms with Crippen LogP contribution in [0, 0.1) is 10.1 Å². The monoisotopic (exact) mass is 241 g/mol. The van der Waals surface area contributed by atoms with Crippen molar-refractivity contribution in [2.75, 3.05) is 7.11 Å². The highest BCUT2D eigenvalue weighted by atomic mass is 16.6. The molecule has 5 heteroatoms. The van der Waals surface area contributed by atoms with Crippen molar-refractivity contribution in [3.63, 3.8) is 0 Å². The van der Waals surface area contributed by atoms with Crippen LogP contribution in [0.5, 0.6) is 5.75 Å². The molecule has 0 saturated heterocycles. The van der Waals surface area contributed by atoms with Gasteiger partial charge < -0.3 is 4.74 Å². The lowest BCUT2D eigenvalue weighted by Crippen LogP contribution is -1.93. The van der Waals surface area contributed by atoms with E-state index in [1.54, 1.807) is 0 Å². The van der Waals surface area contributed by atoms with Gasteiger partial charge in [0.05, 0.1) is 23.7 Å². The molecule has 0 bridgehead atoms. The average molecular weight is 241 g/mol. The number of nitro benzene ring substituents is 1. The third-order valence-corrected chi connectivity index (χ3v) is 1.55. The summed E-state index contributed by atoms with van der Waals surface area (Å²) in [7, 11) is 1.35. The SMILES string of the molecule is CC.CC.COc1cc([N+](=O)[O-])ccc1C=O. The van der Waals surface area contributed by atoms with Crippen molar-refractivity contribution < 1.29 is 14.5 Å². The molecule has 0 amide bonds. The molecule has 0 spiro atoms. The van der Waals surface area contributed by atoms with Crippen LogP contribution in [0.25, 0.3) is 0 Å². The fourth-order valence-corrected chi connectivity index (χ4v) is 0.911. The van der Waals surface area contributed by atoms with Gasteiger partial charge in [-0.15, -0.1) is 0 Å². The second-order valence-electron chi connectivity index (χ2n) is 2.30. The van der Waals surface area contributed by atoms with E-state index in [-0.39, 0.29) is 11.4 Å². The Morgan fingerprint density at radius 2 is 1.76 bits per heavy atom. The van der Waals surface area contributed by atoms with E-state index in [0.29, 0.717) is 11.8 Å². The Morgan fingerprint density at radius 1 is 1.24 bits per heavy atom. The molecule has 0 unspecified atom stereocenters. The van der Waals surface area contributed by atoms with E-state index in [9.17, 15) is 14.9 Å². The van der Waals surface area contributed by atoms with Gasteiger partial charge in [0.25, 0.3) is 5.69 Å². The average Bonchev–Trinajstić information content (AvgIpc) is 2.42.